The fraction of sp³-hybridized carbons (Fsp3) is 0.500. The maximum Gasteiger partial charge on any atom is 0.259 e. The van der Waals surface area contributed by atoms with Crippen molar-refractivity contribution in [2.45, 2.75) is 43.8 Å². The summed E-state index contributed by atoms with van der Waals surface area (Å²) in [7, 11) is 2.23. The summed E-state index contributed by atoms with van der Waals surface area (Å²) < 4.78 is 0. The first-order valence-electron chi connectivity index (χ1n) is 7.60. The Bertz CT molecular complexity index is 614. The maximum absolute atomic E-state index is 11.7. The zero-order valence-electron chi connectivity index (χ0n) is 12.1. The number of fused-ring (bicyclic) bond motifs is 3. The highest BCUT2D eigenvalue weighted by Gasteiger charge is 2.38. The average Bonchev–Trinajstić information content (AvgIpc) is 2.83. The van der Waals surface area contributed by atoms with Crippen molar-refractivity contribution in [3.05, 3.63) is 29.3 Å². The van der Waals surface area contributed by atoms with E-state index in [1.165, 1.54) is 12.8 Å². The van der Waals surface area contributed by atoms with Gasteiger partial charge in [-0.05, 0) is 50.9 Å². The highest BCUT2D eigenvalue weighted by atomic mass is 16.2. The Kier molecular flexibility index (Phi) is 2.79. The lowest BCUT2D eigenvalue weighted by molar-refractivity contribution is 0.0879. The van der Waals surface area contributed by atoms with Gasteiger partial charge in [-0.25, -0.2) is 0 Å². The second-order valence-electron chi connectivity index (χ2n) is 6.41. The van der Waals surface area contributed by atoms with Gasteiger partial charge in [0.05, 0.1) is 11.1 Å². The molecule has 5 heteroatoms. The molecule has 0 spiro atoms. The number of nitrogens with one attached hydrogen (secondary N) is 2. The second kappa shape index (κ2) is 4.56. The molecule has 2 bridgehead atoms. The van der Waals surface area contributed by atoms with Gasteiger partial charge in [-0.1, -0.05) is 0 Å². The quantitative estimate of drug-likeness (QED) is 0.810. The Morgan fingerprint density at radius 3 is 2.48 bits per heavy atom. The van der Waals surface area contributed by atoms with Gasteiger partial charge in [0, 0.05) is 23.8 Å². The number of carbonyl (C=O) groups excluding carboxylic acids is 2. The summed E-state index contributed by atoms with van der Waals surface area (Å²) in [6.07, 6.45) is 4.88. The molecule has 2 N–H and O–H groups in total. The molecule has 3 aliphatic rings. The molecule has 2 fully saturated rings. The van der Waals surface area contributed by atoms with Gasteiger partial charge in [-0.2, -0.15) is 0 Å². The van der Waals surface area contributed by atoms with E-state index in [9.17, 15) is 9.59 Å². The van der Waals surface area contributed by atoms with Crippen LogP contribution in [0.15, 0.2) is 18.2 Å². The van der Waals surface area contributed by atoms with E-state index in [2.05, 4.69) is 22.6 Å². The lowest BCUT2D eigenvalue weighted by Crippen LogP contribution is -2.44. The van der Waals surface area contributed by atoms with Crippen molar-refractivity contribution in [1.82, 2.24) is 10.2 Å². The molecule has 110 valence electrons. The fourth-order valence-corrected chi connectivity index (χ4v) is 4.02. The molecule has 1 aromatic rings. The third-order valence-corrected chi connectivity index (χ3v) is 5.20. The molecule has 1 aromatic carbocycles. The molecule has 3 aliphatic heterocycles. The van der Waals surface area contributed by atoms with E-state index in [0.29, 0.717) is 29.3 Å². The second-order valence-corrected chi connectivity index (χ2v) is 6.41. The molecule has 2 atom stereocenters. The van der Waals surface area contributed by atoms with E-state index in [1.807, 2.05) is 6.07 Å². The predicted molar refractivity (Wildman–Crippen MR) is 79.5 cm³/mol. The molecule has 3 heterocycles. The first-order valence-corrected chi connectivity index (χ1v) is 7.60. The van der Waals surface area contributed by atoms with Crippen molar-refractivity contribution >= 4 is 17.5 Å². The number of amides is 2. The van der Waals surface area contributed by atoms with Gasteiger partial charge in [-0.3, -0.25) is 14.9 Å². The van der Waals surface area contributed by atoms with Crippen LogP contribution in [0.1, 0.15) is 46.4 Å². The van der Waals surface area contributed by atoms with Crippen molar-refractivity contribution < 1.29 is 9.59 Å². The van der Waals surface area contributed by atoms with Crippen molar-refractivity contribution in [3.63, 3.8) is 0 Å². The summed E-state index contributed by atoms with van der Waals surface area (Å²) in [4.78, 5) is 25.8. The average molecular weight is 285 g/mol. The molecule has 0 saturated carbocycles. The highest BCUT2D eigenvalue weighted by Crippen LogP contribution is 2.35. The van der Waals surface area contributed by atoms with E-state index in [4.69, 9.17) is 0 Å². The molecule has 21 heavy (non-hydrogen) atoms. The van der Waals surface area contributed by atoms with Crippen LogP contribution in [-0.2, 0) is 0 Å². The summed E-state index contributed by atoms with van der Waals surface area (Å²) in [5.41, 5.74) is 1.91. The van der Waals surface area contributed by atoms with Crippen LogP contribution >= 0.6 is 0 Å². The van der Waals surface area contributed by atoms with Gasteiger partial charge < -0.3 is 10.2 Å². The van der Waals surface area contributed by atoms with Gasteiger partial charge >= 0.3 is 0 Å². The van der Waals surface area contributed by atoms with Crippen molar-refractivity contribution in [3.8, 4) is 0 Å². The van der Waals surface area contributed by atoms with Gasteiger partial charge in [0.25, 0.3) is 11.8 Å². The third kappa shape index (κ3) is 2.03. The van der Waals surface area contributed by atoms with Crippen LogP contribution < -0.4 is 10.6 Å². The number of piperidine rings is 1. The van der Waals surface area contributed by atoms with E-state index in [1.54, 1.807) is 12.1 Å². The first kappa shape index (κ1) is 12.8. The minimum absolute atomic E-state index is 0.290. The number of hydrogen-bond acceptors (Lipinski definition) is 4. The van der Waals surface area contributed by atoms with E-state index < -0.39 is 0 Å². The maximum atomic E-state index is 11.7. The summed E-state index contributed by atoms with van der Waals surface area (Å²) in [5.74, 6) is -0.582. The topological polar surface area (TPSA) is 61.4 Å². The van der Waals surface area contributed by atoms with Crippen LogP contribution in [0, 0.1) is 0 Å². The molecule has 2 amide bonds. The number of imide groups is 1. The zero-order valence-corrected chi connectivity index (χ0v) is 12.1. The molecule has 5 nitrogen and oxygen atoms in total. The van der Waals surface area contributed by atoms with Gasteiger partial charge in [0.15, 0.2) is 0 Å². The molecule has 0 radical (unpaired) electrons. The van der Waals surface area contributed by atoms with Crippen LogP contribution in [0.5, 0.6) is 0 Å². The third-order valence-electron chi connectivity index (χ3n) is 5.20. The Morgan fingerprint density at radius 2 is 1.76 bits per heavy atom. The summed E-state index contributed by atoms with van der Waals surface area (Å²) in [5, 5.41) is 5.88. The number of carbonyl (C=O) groups is 2. The Labute approximate surface area is 123 Å². The minimum Gasteiger partial charge on any atom is -0.382 e. The largest absolute Gasteiger partial charge is 0.382 e. The standard InChI is InChI=1S/C16H19N3O2/c1-19-11-3-4-12(19)7-10(6-11)17-9-2-5-13-14(8-9)16(21)18-15(13)20/h2,5,8,10-12,17H,3-4,6-7H2,1H3,(H,18,20,21). The Hall–Kier alpha value is -1.88. The molecule has 0 aliphatic carbocycles. The molecular formula is C16H19N3O2. The first-order chi connectivity index (χ1) is 10.1. The van der Waals surface area contributed by atoms with Crippen LogP contribution in [-0.4, -0.2) is 41.9 Å². The molecular weight excluding hydrogens is 266 g/mol. The van der Waals surface area contributed by atoms with Gasteiger partial charge in [0.1, 0.15) is 0 Å². The number of hydrogen-bond donors (Lipinski definition) is 2. The van der Waals surface area contributed by atoms with Crippen molar-refractivity contribution in [2.24, 2.45) is 0 Å². The number of nitrogens with zero attached hydrogens (tertiary/aromatic N) is 1. The monoisotopic (exact) mass is 285 g/mol. The lowest BCUT2D eigenvalue weighted by atomic mass is 9.97. The van der Waals surface area contributed by atoms with Gasteiger partial charge in [-0.15, -0.1) is 0 Å². The number of rotatable bonds is 2. The summed E-state index contributed by atoms with van der Waals surface area (Å²) in [6, 6.07) is 7.26. The molecule has 0 aromatic heterocycles. The molecule has 2 saturated heterocycles. The van der Waals surface area contributed by atoms with E-state index in [-0.39, 0.29) is 11.8 Å². The number of anilines is 1. The lowest BCUT2D eigenvalue weighted by Gasteiger charge is -2.37. The fourth-order valence-electron chi connectivity index (χ4n) is 4.02. The van der Waals surface area contributed by atoms with Crippen LogP contribution in [0.2, 0.25) is 0 Å². The summed E-state index contributed by atoms with van der Waals surface area (Å²) >= 11 is 0. The van der Waals surface area contributed by atoms with Gasteiger partial charge in [0.2, 0.25) is 0 Å². The smallest absolute Gasteiger partial charge is 0.259 e. The summed E-state index contributed by atoms with van der Waals surface area (Å²) in [6.45, 7) is 0. The Morgan fingerprint density at radius 1 is 1.10 bits per heavy atom. The highest BCUT2D eigenvalue weighted by molar-refractivity contribution is 6.21. The molecule has 2 unspecified atom stereocenters. The predicted octanol–water partition coefficient (Wildman–Crippen LogP) is 1.61. The molecule has 4 rings (SSSR count). The zero-order chi connectivity index (χ0) is 14.6. The Balaban J connectivity index is 1.53. The van der Waals surface area contributed by atoms with Crippen molar-refractivity contribution in [2.75, 3.05) is 12.4 Å². The SMILES string of the molecule is CN1C2CCC1CC(Nc1ccc3c(c1)C(=O)NC3=O)C2. The van der Waals surface area contributed by atoms with Crippen LogP contribution in [0.25, 0.3) is 0 Å². The minimum atomic E-state index is -0.293. The van der Waals surface area contributed by atoms with Crippen molar-refractivity contribution in [1.29, 1.82) is 0 Å². The normalized spacial score (nSPS) is 31.2. The van der Waals surface area contributed by atoms with E-state index in [0.717, 1.165) is 18.5 Å². The van der Waals surface area contributed by atoms with Crippen LogP contribution in [0.4, 0.5) is 5.69 Å². The number of benzene rings is 1. The van der Waals surface area contributed by atoms with E-state index >= 15 is 0 Å². The van der Waals surface area contributed by atoms with Crippen LogP contribution in [0.3, 0.4) is 0 Å².